The van der Waals surface area contributed by atoms with Crippen LogP contribution in [0.15, 0.2) is 29.0 Å². The van der Waals surface area contributed by atoms with E-state index in [0.29, 0.717) is 17.1 Å². The molecular formula is C21H30ClN3O2. The number of amides is 1. The first-order valence-corrected chi connectivity index (χ1v) is 9.79. The molecule has 1 aromatic carbocycles. The highest BCUT2D eigenvalue weighted by molar-refractivity contribution is 6.04. The number of oxazole rings is 1. The highest BCUT2D eigenvalue weighted by Crippen LogP contribution is 2.39. The molecule has 2 aliphatic heterocycles. The van der Waals surface area contributed by atoms with Crippen LogP contribution in [-0.2, 0) is 0 Å². The molecule has 2 saturated heterocycles. The molecular weight excluding hydrogens is 362 g/mol. The summed E-state index contributed by atoms with van der Waals surface area (Å²) in [5.41, 5.74) is 1.61. The summed E-state index contributed by atoms with van der Waals surface area (Å²) < 4.78 is 5.42. The van der Waals surface area contributed by atoms with E-state index >= 15 is 0 Å². The zero-order valence-electron chi connectivity index (χ0n) is 16.4. The van der Waals surface area contributed by atoms with E-state index in [1.54, 1.807) is 6.07 Å². The Kier molecular flexibility index (Phi) is 5.82. The van der Waals surface area contributed by atoms with Crippen molar-refractivity contribution in [3.8, 4) is 0 Å². The lowest BCUT2D eigenvalue weighted by Gasteiger charge is -2.48. The average molecular weight is 392 g/mol. The van der Waals surface area contributed by atoms with Crippen LogP contribution in [0, 0.1) is 5.92 Å². The van der Waals surface area contributed by atoms with Gasteiger partial charge in [-0.2, -0.15) is 0 Å². The van der Waals surface area contributed by atoms with Crippen molar-refractivity contribution in [2.45, 2.75) is 70.0 Å². The van der Waals surface area contributed by atoms with E-state index in [-0.39, 0.29) is 23.9 Å². The van der Waals surface area contributed by atoms with Crippen molar-refractivity contribution >= 4 is 29.4 Å². The van der Waals surface area contributed by atoms with Gasteiger partial charge in [0.25, 0.3) is 5.91 Å². The number of halogens is 1. The molecule has 2 bridgehead atoms. The number of piperidine rings is 2. The minimum atomic E-state index is -0.242. The SMILES string of the molecule is CN1C2CCCC1CC(CC(C)(C)NC(=O)c1cccc3ncoc13)C2.Cl. The smallest absolute Gasteiger partial charge is 0.255 e. The van der Waals surface area contributed by atoms with Crippen LogP contribution >= 0.6 is 12.4 Å². The zero-order chi connectivity index (χ0) is 18.3. The first-order chi connectivity index (χ1) is 12.4. The first kappa shape index (κ1) is 20.2. The number of para-hydroxylation sites is 1. The number of hydrogen-bond acceptors (Lipinski definition) is 4. The Morgan fingerprint density at radius 3 is 2.70 bits per heavy atom. The molecule has 148 valence electrons. The van der Waals surface area contributed by atoms with Crippen molar-refractivity contribution in [3.05, 3.63) is 30.2 Å². The molecule has 1 aromatic heterocycles. The van der Waals surface area contributed by atoms with Crippen LogP contribution in [-0.4, -0.2) is 40.5 Å². The fraction of sp³-hybridized carbons (Fsp3) is 0.619. The Labute approximate surface area is 167 Å². The normalized spacial score (nSPS) is 25.8. The Morgan fingerprint density at radius 1 is 1.30 bits per heavy atom. The lowest BCUT2D eigenvalue weighted by molar-refractivity contribution is 0.0270. The molecule has 2 atom stereocenters. The number of carbonyl (C=O) groups is 1. The van der Waals surface area contributed by atoms with Gasteiger partial charge in [-0.25, -0.2) is 4.98 Å². The fourth-order valence-electron chi connectivity index (χ4n) is 5.11. The second kappa shape index (κ2) is 7.80. The van der Waals surface area contributed by atoms with Gasteiger partial charge >= 0.3 is 0 Å². The van der Waals surface area contributed by atoms with E-state index in [2.05, 4.69) is 36.1 Å². The summed E-state index contributed by atoms with van der Waals surface area (Å²) in [5, 5.41) is 3.24. The van der Waals surface area contributed by atoms with Crippen molar-refractivity contribution in [2.24, 2.45) is 5.92 Å². The Bertz CT molecular complexity index is 790. The van der Waals surface area contributed by atoms with Crippen molar-refractivity contribution < 1.29 is 9.21 Å². The number of carbonyl (C=O) groups excluding carboxylic acids is 1. The van der Waals surface area contributed by atoms with Gasteiger partial charge in [-0.05, 0) is 71.0 Å². The fourth-order valence-corrected chi connectivity index (χ4v) is 5.11. The van der Waals surface area contributed by atoms with Crippen molar-refractivity contribution in [3.63, 3.8) is 0 Å². The van der Waals surface area contributed by atoms with E-state index in [0.717, 1.165) is 24.0 Å². The van der Waals surface area contributed by atoms with Gasteiger partial charge < -0.3 is 14.6 Å². The molecule has 0 saturated carbocycles. The summed E-state index contributed by atoms with van der Waals surface area (Å²) in [4.78, 5) is 19.6. The van der Waals surface area contributed by atoms with Crippen molar-refractivity contribution in [1.82, 2.24) is 15.2 Å². The summed E-state index contributed by atoms with van der Waals surface area (Å²) in [6, 6.07) is 6.96. The lowest BCUT2D eigenvalue weighted by atomic mass is 9.74. The number of rotatable bonds is 4. The van der Waals surface area contributed by atoms with Gasteiger partial charge in [0.15, 0.2) is 12.0 Å². The molecule has 0 spiro atoms. The predicted molar refractivity (Wildman–Crippen MR) is 109 cm³/mol. The summed E-state index contributed by atoms with van der Waals surface area (Å²) in [7, 11) is 2.29. The molecule has 2 fully saturated rings. The van der Waals surface area contributed by atoms with Crippen LogP contribution < -0.4 is 5.32 Å². The molecule has 6 heteroatoms. The highest BCUT2D eigenvalue weighted by atomic mass is 35.5. The molecule has 1 amide bonds. The van der Waals surface area contributed by atoms with E-state index in [9.17, 15) is 4.79 Å². The van der Waals surface area contributed by atoms with Gasteiger partial charge in [0, 0.05) is 17.6 Å². The maximum Gasteiger partial charge on any atom is 0.255 e. The maximum atomic E-state index is 12.9. The minimum Gasteiger partial charge on any atom is -0.443 e. The molecule has 3 heterocycles. The largest absolute Gasteiger partial charge is 0.443 e. The minimum absolute atomic E-state index is 0. The van der Waals surface area contributed by atoms with E-state index in [4.69, 9.17) is 4.42 Å². The molecule has 0 aliphatic carbocycles. The molecule has 2 aromatic rings. The van der Waals surface area contributed by atoms with E-state index in [1.165, 1.54) is 38.5 Å². The standard InChI is InChI=1S/C21H29N3O2.ClH/c1-21(2,12-14-10-15-6-4-7-16(11-14)24(15)3)23-20(25)17-8-5-9-18-19(17)26-13-22-18;/h5,8-9,13-16H,4,6-7,10-12H2,1-3H3,(H,23,25);1H. The van der Waals surface area contributed by atoms with Crippen LogP contribution in [0.25, 0.3) is 11.1 Å². The molecule has 1 N–H and O–H groups in total. The molecule has 5 nitrogen and oxygen atoms in total. The van der Waals surface area contributed by atoms with E-state index in [1.807, 2.05) is 12.1 Å². The molecule has 27 heavy (non-hydrogen) atoms. The van der Waals surface area contributed by atoms with Crippen molar-refractivity contribution in [1.29, 1.82) is 0 Å². The third-order valence-corrected chi connectivity index (χ3v) is 6.29. The van der Waals surface area contributed by atoms with Gasteiger partial charge in [-0.1, -0.05) is 12.5 Å². The predicted octanol–water partition coefficient (Wildman–Crippen LogP) is 4.41. The van der Waals surface area contributed by atoms with Gasteiger partial charge in [-0.15, -0.1) is 12.4 Å². The molecule has 2 unspecified atom stereocenters. The maximum absolute atomic E-state index is 12.9. The van der Waals surface area contributed by atoms with Crippen LogP contribution in [0.5, 0.6) is 0 Å². The Balaban J connectivity index is 0.00000210. The number of nitrogens with one attached hydrogen (secondary N) is 1. The first-order valence-electron chi connectivity index (χ1n) is 9.79. The summed E-state index contributed by atoms with van der Waals surface area (Å²) in [6.07, 6.45) is 8.94. The number of hydrogen-bond donors (Lipinski definition) is 1. The van der Waals surface area contributed by atoms with Gasteiger partial charge in [0.05, 0.1) is 5.56 Å². The summed E-state index contributed by atoms with van der Waals surface area (Å²) in [5.74, 6) is 0.600. The van der Waals surface area contributed by atoms with Gasteiger partial charge in [0.1, 0.15) is 5.52 Å². The third-order valence-electron chi connectivity index (χ3n) is 6.29. The van der Waals surface area contributed by atoms with Crippen LogP contribution in [0.3, 0.4) is 0 Å². The highest BCUT2D eigenvalue weighted by Gasteiger charge is 2.38. The number of aromatic nitrogens is 1. The number of nitrogens with zero attached hydrogens (tertiary/aromatic N) is 2. The molecule has 2 aliphatic rings. The summed E-state index contributed by atoms with van der Waals surface area (Å²) >= 11 is 0. The number of benzene rings is 1. The molecule has 0 radical (unpaired) electrons. The quantitative estimate of drug-likeness (QED) is 0.838. The summed E-state index contributed by atoms with van der Waals surface area (Å²) in [6.45, 7) is 4.28. The van der Waals surface area contributed by atoms with Crippen molar-refractivity contribution in [2.75, 3.05) is 7.05 Å². The monoisotopic (exact) mass is 391 g/mol. The third kappa shape index (κ3) is 4.14. The second-order valence-electron chi connectivity index (χ2n) is 8.79. The van der Waals surface area contributed by atoms with Gasteiger partial charge in [-0.3, -0.25) is 4.79 Å². The Hall–Kier alpha value is -1.59. The second-order valence-corrected chi connectivity index (χ2v) is 8.79. The van der Waals surface area contributed by atoms with Crippen LogP contribution in [0.1, 0.15) is 62.7 Å². The average Bonchev–Trinajstić information content (AvgIpc) is 3.03. The van der Waals surface area contributed by atoms with Crippen LogP contribution in [0.2, 0.25) is 0 Å². The topological polar surface area (TPSA) is 58.4 Å². The zero-order valence-corrected chi connectivity index (χ0v) is 17.2. The van der Waals surface area contributed by atoms with Crippen LogP contribution in [0.4, 0.5) is 0 Å². The Morgan fingerprint density at radius 2 is 2.00 bits per heavy atom. The number of fused-ring (bicyclic) bond motifs is 3. The van der Waals surface area contributed by atoms with Gasteiger partial charge in [0.2, 0.25) is 0 Å². The van der Waals surface area contributed by atoms with E-state index < -0.39 is 0 Å². The molecule has 4 rings (SSSR count). The lowest BCUT2D eigenvalue weighted by Crippen LogP contribution is -2.52.